The molecule has 7 nitrogen and oxygen atoms in total. The number of methoxy groups -OCH3 is 1. The van der Waals surface area contributed by atoms with Gasteiger partial charge in [0.05, 0.1) is 23.7 Å². The number of fused-ring (bicyclic) bond motifs is 2. The molecule has 10 heteroatoms. The van der Waals surface area contributed by atoms with Crippen molar-refractivity contribution >= 4 is 52.2 Å². The highest BCUT2D eigenvalue weighted by molar-refractivity contribution is 8.00. The summed E-state index contributed by atoms with van der Waals surface area (Å²) in [6, 6.07) is 20.2. The molecule has 3 atom stereocenters. The summed E-state index contributed by atoms with van der Waals surface area (Å²) in [6.07, 6.45) is 0. The van der Waals surface area contributed by atoms with Crippen LogP contribution in [0.3, 0.4) is 0 Å². The molecule has 4 aromatic rings. The van der Waals surface area contributed by atoms with E-state index >= 15 is 0 Å². The van der Waals surface area contributed by atoms with E-state index in [4.69, 9.17) is 21.1 Å². The van der Waals surface area contributed by atoms with Crippen LogP contribution in [0.2, 0.25) is 5.02 Å². The second-order valence-corrected chi connectivity index (χ2v) is 12.0. The molecule has 2 amide bonds. The van der Waals surface area contributed by atoms with E-state index in [1.165, 1.54) is 16.7 Å². The number of H-pyrrole nitrogens is 1. The summed E-state index contributed by atoms with van der Waals surface area (Å²) in [5.41, 5.74) is 3.42. The number of benzene rings is 3. The molecule has 0 spiro atoms. The van der Waals surface area contributed by atoms with E-state index in [1.807, 2.05) is 43.3 Å². The summed E-state index contributed by atoms with van der Waals surface area (Å²) >= 11 is 8.34. The number of carbonyl (C=O) groups is 2. The molecule has 0 bridgehead atoms. The third-order valence-electron chi connectivity index (χ3n) is 6.93. The van der Waals surface area contributed by atoms with Crippen molar-refractivity contribution in [3.8, 4) is 11.5 Å². The Labute approximate surface area is 237 Å². The van der Waals surface area contributed by atoms with Crippen molar-refractivity contribution in [1.29, 1.82) is 0 Å². The number of imide groups is 1. The second-order valence-electron chi connectivity index (χ2n) is 9.43. The Morgan fingerprint density at radius 3 is 2.51 bits per heavy atom. The number of hydrogen-bond donors (Lipinski definition) is 1. The van der Waals surface area contributed by atoms with E-state index < -0.39 is 17.1 Å². The maximum Gasteiger partial charge on any atom is 0.305 e. The van der Waals surface area contributed by atoms with E-state index in [-0.39, 0.29) is 16.7 Å². The SMILES string of the molecule is COc1cc(C2c3sc(=O)[nH]c3SC3C(=O)N(c4ccc(Cl)cc4)C(=O)C32)ccc1OCc1cccc(C)c1. The minimum atomic E-state index is -0.694. The van der Waals surface area contributed by atoms with Crippen LogP contribution in [-0.2, 0) is 16.2 Å². The van der Waals surface area contributed by atoms with Crippen LogP contribution in [0, 0.1) is 12.8 Å². The number of rotatable bonds is 6. The van der Waals surface area contributed by atoms with Crippen LogP contribution < -0.4 is 19.2 Å². The highest BCUT2D eigenvalue weighted by Crippen LogP contribution is 2.53. The highest BCUT2D eigenvalue weighted by Gasteiger charge is 2.56. The molecule has 2 aliphatic rings. The van der Waals surface area contributed by atoms with Gasteiger partial charge in [-0.25, -0.2) is 4.90 Å². The van der Waals surface area contributed by atoms with Crippen molar-refractivity contribution in [3.05, 3.63) is 103 Å². The first-order chi connectivity index (χ1) is 18.8. The zero-order valence-electron chi connectivity index (χ0n) is 21.0. The van der Waals surface area contributed by atoms with Gasteiger partial charge in [-0.05, 0) is 54.4 Å². The van der Waals surface area contributed by atoms with E-state index in [1.54, 1.807) is 31.4 Å². The molecule has 1 aromatic heterocycles. The fourth-order valence-corrected chi connectivity index (χ4v) is 7.82. The third-order valence-corrected chi connectivity index (χ3v) is 9.59. The van der Waals surface area contributed by atoms with Crippen molar-refractivity contribution in [3.63, 3.8) is 0 Å². The maximum absolute atomic E-state index is 13.9. The highest BCUT2D eigenvalue weighted by atomic mass is 35.5. The number of anilines is 1. The van der Waals surface area contributed by atoms with Crippen LogP contribution >= 0.6 is 34.7 Å². The average Bonchev–Trinajstić information content (AvgIpc) is 3.42. The molecular formula is C29H23ClN2O5S2. The summed E-state index contributed by atoms with van der Waals surface area (Å²) in [7, 11) is 1.56. The minimum absolute atomic E-state index is 0.225. The molecule has 6 rings (SSSR count). The van der Waals surface area contributed by atoms with Gasteiger partial charge in [-0.3, -0.25) is 14.4 Å². The number of ether oxygens (including phenoxy) is 2. The summed E-state index contributed by atoms with van der Waals surface area (Å²) in [5, 5.41) is 0.451. The quantitative estimate of drug-likeness (QED) is 0.292. The van der Waals surface area contributed by atoms with Crippen LogP contribution in [0.1, 0.15) is 27.5 Å². The number of carbonyl (C=O) groups excluding carboxylic acids is 2. The first-order valence-electron chi connectivity index (χ1n) is 12.2. The van der Waals surface area contributed by atoms with Crippen molar-refractivity contribution in [1.82, 2.24) is 4.98 Å². The fourth-order valence-electron chi connectivity index (χ4n) is 5.18. The zero-order chi connectivity index (χ0) is 27.3. The molecule has 0 aliphatic carbocycles. The molecular weight excluding hydrogens is 556 g/mol. The first-order valence-corrected chi connectivity index (χ1v) is 14.3. The number of hydrogen-bond acceptors (Lipinski definition) is 7. The normalized spacial score (nSPS) is 20.1. The molecule has 1 N–H and O–H groups in total. The summed E-state index contributed by atoms with van der Waals surface area (Å²) in [5.74, 6) is -0.765. The van der Waals surface area contributed by atoms with Crippen LogP contribution in [0.5, 0.6) is 11.5 Å². The second kappa shape index (κ2) is 10.2. The van der Waals surface area contributed by atoms with Gasteiger partial charge >= 0.3 is 4.87 Å². The summed E-state index contributed by atoms with van der Waals surface area (Å²) < 4.78 is 11.7. The van der Waals surface area contributed by atoms with Gasteiger partial charge in [0.1, 0.15) is 11.9 Å². The number of amides is 2. The zero-order valence-corrected chi connectivity index (χ0v) is 23.4. The Hall–Kier alpha value is -3.53. The Morgan fingerprint density at radius 1 is 0.974 bits per heavy atom. The van der Waals surface area contributed by atoms with Crippen molar-refractivity contribution in [2.45, 2.75) is 29.7 Å². The van der Waals surface area contributed by atoms with Crippen LogP contribution in [0.25, 0.3) is 0 Å². The van der Waals surface area contributed by atoms with Gasteiger partial charge in [0, 0.05) is 15.8 Å². The van der Waals surface area contributed by atoms with Gasteiger partial charge in [-0.2, -0.15) is 0 Å². The first kappa shape index (κ1) is 25.7. The number of aromatic nitrogens is 1. The van der Waals surface area contributed by atoms with Gasteiger partial charge < -0.3 is 14.5 Å². The molecule has 198 valence electrons. The van der Waals surface area contributed by atoms with Gasteiger partial charge in [0.2, 0.25) is 11.8 Å². The Morgan fingerprint density at radius 2 is 1.77 bits per heavy atom. The van der Waals surface area contributed by atoms with Crippen molar-refractivity contribution < 1.29 is 19.1 Å². The van der Waals surface area contributed by atoms with E-state index in [0.29, 0.717) is 33.8 Å². The maximum atomic E-state index is 13.9. The van der Waals surface area contributed by atoms with E-state index in [0.717, 1.165) is 32.9 Å². The van der Waals surface area contributed by atoms with Crippen LogP contribution in [0.15, 0.2) is 76.6 Å². The number of nitrogens with zero attached hydrogens (tertiary/aromatic N) is 1. The number of thioether (sulfide) groups is 1. The number of aromatic amines is 1. The average molecular weight is 579 g/mol. The Kier molecular flexibility index (Phi) is 6.74. The van der Waals surface area contributed by atoms with Crippen LogP contribution in [-0.4, -0.2) is 29.2 Å². The van der Waals surface area contributed by atoms with Gasteiger partial charge in [0.15, 0.2) is 11.5 Å². The molecule has 1 fully saturated rings. The Bertz CT molecular complexity index is 1650. The lowest BCUT2D eigenvalue weighted by molar-refractivity contribution is -0.122. The molecule has 0 radical (unpaired) electrons. The largest absolute Gasteiger partial charge is 0.493 e. The molecule has 3 aromatic carbocycles. The number of nitrogens with one attached hydrogen (secondary N) is 1. The molecule has 39 heavy (non-hydrogen) atoms. The molecule has 3 unspecified atom stereocenters. The number of halogens is 1. The standard InChI is InChI=1S/C29H23ClN2O5S2/c1-15-4-3-5-16(12-15)14-37-20-11-6-17(13-21(20)36-2)22-23-25(38-26-24(22)39-29(35)31-26)28(34)32(27(23)33)19-9-7-18(30)8-10-19/h3-13,22-23,25H,14H2,1-2H3,(H,31,35). The molecule has 3 heterocycles. The topological polar surface area (TPSA) is 88.7 Å². The van der Waals surface area contributed by atoms with Gasteiger partial charge in [-0.1, -0.05) is 70.6 Å². The van der Waals surface area contributed by atoms with Crippen LogP contribution in [0.4, 0.5) is 5.69 Å². The molecule has 1 saturated heterocycles. The van der Waals surface area contributed by atoms with Gasteiger partial charge in [-0.15, -0.1) is 0 Å². The lowest BCUT2D eigenvalue weighted by Crippen LogP contribution is -2.32. The van der Waals surface area contributed by atoms with E-state index in [2.05, 4.69) is 11.1 Å². The van der Waals surface area contributed by atoms with Crippen molar-refractivity contribution in [2.75, 3.05) is 12.0 Å². The monoisotopic (exact) mass is 578 g/mol. The predicted molar refractivity (Wildman–Crippen MR) is 152 cm³/mol. The van der Waals surface area contributed by atoms with Crippen molar-refractivity contribution in [2.24, 2.45) is 5.92 Å². The molecule has 2 aliphatic heterocycles. The summed E-state index contributed by atoms with van der Waals surface area (Å²) in [4.78, 5) is 44.4. The van der Waals surface area contributed by atoms with E-state index in [9.17, 15) is 14.4 Å². The minimum Gasteiger partial charge on any atom is -0.493 e. The summed E-state index contributed by atoms with van der Waals surface area (Å²) in [6.45, 7) is 2.40. The fraction of sp³-hybridized carbons (Fsp3) is 0.207. The number of thiazole rings is 1. The van der Waals surface area contributed by atoms with Gasteiger partial charge in [0.25, 0.3) is 0 Å². The number of aryl methyl sites for hydroxylation is 1. The smallest absolute Gasteiger partial charge is 0.305 e. The molecule has 0 saturated carbocycles. The lowest BCUT2D eigenvalue weighted by atomic mass is 9.83. The Balaban J connectivity index is 1.37. The third kappa shape index (κ3) is 4.64. The lowest BCUT2D eigenvalue weighted by Gasteiger charge is -2.30. The predicted octanol–water partition coefficient (Wildman–Crippen LogP) is 5.78.